The van der Waals surface area contributed by atoms with Gasteiger partial charge in [-0.2, -0.15) is 0 Å². The largest absolute Gasteiger partial charge is 0.497 e. The van der Waals surface area contributed by atoms with Crippen molar-refractivity contribution >= 4 is 24.0 Å². The fraction of sp³-hybridized carbons (Fsp3) is 0.588. The fourth-order valence-electron chi connectivity index (χ4n) is 2.87. The SMILES string of the molecule is COc1ccc(OC)c(NC(=O)CCN2CCCC(C)C2)c1.Cl. The number of halogens is 1. The number of nitrogens with zero attached hydrogens (tertiary/aromatic N) is 1. The molecule has 23 heavy (non-hydrogen) atoms. The number of nitrogens with one attached hydrogen (secondary N) is 1. The molecule has 1 unspecified atom stereocenters. The van der Waals surface area contributed by atoms with E-state index in [1.807, 2.05) is 6.07 Å². The van der Waals surface area contributed by atoms with Crippen LogP contribution in [0.15, 0.2) is 18.2 Å². The normalized spacial score (nSPS) is 18.0. The summed E-state index contributed by atoms with van der Waals surface area (Å²) in [6.07, 6.45) is 3.02. The Bertz CT molecular complexity index is 511. The van der Waals surface area contributed by atoms with E-state index in [9.17, 15) is 4.79 Å². The van der Waals surface area contributed by atoms with E-state index >= 15 is 0 Å². The lowest BCUT2D eigenvalue weighted by Gasteiger charge is -2.30. The van der Waals surface area contributed by atoms with Crippen LogP contribution in [0.4, 0.5) is 5.69 Å². The molecule has 1 saturated heterocycles. The third-order valence-electron chi connectivity index (χ3n) is 4.08. The van der Waals surface area contributed by atoms with Gasteiger partial charge in [0.15, 0.2) is 0 Å². The second kappa shape index (κ2) is 9.63. The Balaban J connectivity index is 0.00000264. The molecule has 1 aromatic rings. The van der Waals surface area contributed by atoms with Crippen LogP contribution in [-0.2, 0) is 4.79 Å². The molecule has 1 amide bonds. The molecule has 5 nitrogen and oxygen atoms in total. The van der Waals surface area contributed by atoms with Gasteiger partial charge in [-0.15, -0.1) is 12.4 Å². The molecule has 0 aromatic heterocycles. The van der Waals surface area contributed by atoms with Gasteiger partial charge in [0.05, 0.1) is 19.9 Å². The first-order chi connectivity index (χ1) is 10.6. The Morgan fingerprint density at radius 1 is 1.35 bits per heavy atom. The van der Waals surface area contributed by atoms with Crippen molar-refractivity contribution in [1.29, 1.82) is 0 Å². The van der Waals surface area contributed by atoms with Crippen LogP contribution in [0.25, 0.3) is 0 Å². The van der Waals surface area contributed by atoms with Crippen molar-refractivity contribution < 1.29 is 14.3 Å². The zero-order valence-electron chi connectivity index (χ0n) is 14.1. The first-order valence-corrected chi connectivity index (χ1v) is 7.86. The molecular formula is C17H27ClN2O3. The molecule has 1 N–H and O–H groups in total. The highest BCUT2D eigenvalue weighted by molar-refractivity contribution is 5.92. The summed E-state index contributed by atoms with van der Waals surface area (Å²) in [4.78, 5) is 14.5. The Hall–Kier alpha value is -1.46. The molecule has 1 atom stereocenters. The monoisotopic (exact) mass is 342 g/mol. The number of hydrogen-bond acceptors (Lipinski definition) is 4. The van der Waals surface area contributed by atoms with Crippen LogP contribution >= 0.6 is 12.4 Å². The number of amides is 1. The summed E-state index contributed by atoms with van der Waals surface area (Å²) in [6.45, 7) is 5.27. The van der Waals surface area contributed by atoms with E-state index in [4.69, 9.17) is 9.47 Å². The van der Waals surface area contributed by atoms with Gasteiger partial charge in [0.25, 0.3) is 0 Å². The van der Waals surface area contributed by atoms with Crippen LogP contribution in [-0.4, -0.2) is 44.7 Å². The minimum atomic E-state index is 0. The fourth-order valence-corrected chi connectivity index (χ4v) is 2.87. The number of carbonyl (C=O) groups excluding carboxylic acids is 1. The van der Waals surface area contributed by atoms with Gasteiger partial charge in [-0.3, -0.25) is 4.79 Å². The number of ether oxygens (including phenoxy) is 2. The number of rotatable bonds is 6. The van der Waals surface area contributed by atoms with Crippen LogP contribution in [0, 0.1) is 5.92 Å². The summed E-state index contributed by atoms with van der Waals surface area (Å²) in [6, 6.07) is 5.38. The lowest BCUT2D eigenvalue weighted by molar-refractivity contribution is -0.116. The Kier molecular flexibility index (Phi) is 8.20. The summed E-state index contributed by atoms with van der Waals surface area (Å²) in [5, 5.41) is 2.92. The summed E-state index contributed by atoms with van der Waals surface area (Å²) in [5.74, 6) is 2.07. The molecule has 130 valence electrons. The predicted octanol–water partition coefficient (Wildman–Crippen LogP) is 3.19. The molecule has 0 aliphatic carbocycles. The summed E-state index contributed by atoms with van der Waals surface area (Å²) >= 11 is 0. The molecule has 1 heterocycles. The molecule has 0 radical (unpaired) electrons. The Morgan fingerprint density at radius 3 is 2.78 bits per heavy atom. The lowest BCUT2D eigenvalue weighted by Crippen LogP contribution is -2.36. The maximum Gasteiger partial charge on any atom is 0.225 e. The van der Waals surface area contributed by atoms with Crippen LogP contribution in [0.5, 0.6) is 11.5 Å². The summed E-state index contributed by atoms with van der Waals surface area (Å²) in [5.41, 5.74) is 0.652. The van der Waals surface area contributed by atoms with Gasteiger partial charge in [0.2, 0.25) is 5.91 Å². The van der Waals surface area contributed by atoms with Gasteiger partial charge in [-0.1, -0.05) is 6.92 Å². The number of hydrogen-bond donors (Lipinski definition) is 1. The average molecular weight is 343 g/mol. The van der Waals surface area contributed by atoms with E-state index in [-0.39, 0.29) is 18.3 Å². The van der Waals surface area contributed by atoms with Gasteiger partial charge in [-0.05, 0) is 37.4 Å². The third kappa shape index (κ3) is 5.92. The second-order valence-electron chi connectivity index (χ2n) is 5.91. The van der Waals surface area contributed by atoms with E-state index < -0.39 is 0 Å². The van der Waals surface area contributed by atoms with Crippen molar-refractivity contribution in [3.63, 3.8) is 0 Å². The second-order valence-corrected chi connectivity index (χ2v) is 5.91. The first-order valence-electron chi connectivity index (χ1n) is 7.86. The summed E-state index contributed by atoms with van der Waals surface area (Å²) in [7, 11) is 3.19. The van der Waals surface area contributed by atoms with Crippen LogP contribution in [0.1, 0.15) is 26.2 Å². The smallest absolute Gasteiger partial charge is 0.225 e. The van der Waals surface area contributed by atoms with Crippen LogP contribution in [0.3, 0.4) is 0 Å². The zero-order valence-corrected chi connectivity index (χ0v) is 14.9. The van der Waals surface area contributed by atoms with E-state index in [1.165, 1.54) is 12.8 Å². The molecule has 6 heteroatoms. The Labute approximate surface area is 144 Å². The number of piperidine rings is 1. The Morgan fingerprint density at radius 2 is 2.13 bits per heavy atom. The molecule has 1 aliphatic rings. The van der Waals surface area contributed by atoms with Gasteiger partial charge in [0, 0.05) is 25.6 Å². The molecule has 1 aliphatic heterocycles. The van der Waals surface area contributed by atoms with E-state index in [0.717, 1.165) is 25.6 Å². The highest BCUT2D eigenvalue weighted by Gasteiger charge is 2.17. The maximum absolute atomic E-state index is 12.2. The molecular weight excluding hydrogens is 316 g/mol. The standard InChI is InChI=1S/C17H26N2O3.ClH/c1-13-5-4-9-19(12-13)10-8-17(20)18-15-11-14(21-2)6-7-16(15)22-3;/h6-7,11,13H,4-5,8-10,12H2,1-3H3,(H,18,20);1H. The van der Waals surface area contributed by atoms with Crippen molar-refractivity contribution in [1.82, 2.24) is 4.90 Å². The number of methoxy groups -OCH3 is 2. The van der Waals surface area contributed by atoms with Gasteiger partial charge in [-0.25, -0.2) is 0 Å². The molecule has 1 aromatic carbocycles. The van der Waals surface area contributed by atoms with Gasteiger partial charge < -0.3 is 19.7 Å². The van der Waals surface area contributed by atoms with Crippen LogP contribution in [0.2, 0.25) is 0 Å². The topological polar surface area (TPSA) is 50.8 Å². The lowest BCUT2D eigenvalue weighted by atomic mass is 10.0. The molecule has 0 saturated carbocycles. The molecule has 0 spiro atoms. The highest BCUT2D eigenvalue weighted by atomic mass is 35.5. The number of likely N-dealkylation sites (tertiary alicyclic amines) is 1. The van der Waals surface area contributed by atoms with Crippen LogP contribution < -0.4 is 14.8 Å². The number of carbonyl (C=O) groups is 1. The van der Waals surface area contributed by atoms with E-state index in [0.29, 0.717) is 23.6 Å². The van der Waals surface area contributed by atoms with Crippen molar-refractivity contribution in [2.45, 2.75) is 26.2 Å². The number of anilines is 1. The first kappa shape index (κ1) is 19.6. The summed E-state index contributed by atoms with van der Waals surface area (Å²) < 4.78 is 10.5. The molecule has 2 rings (SSSR count). The quantitative estimate of drug-likeness (QED) is 0.862. The molecule has 1 fully saturated rings. The zero-order chi connectivity index (χ0) is 15.9. The van der Waals surface area contributed by atoms with Gasteiger partial charge >= 0.3 is 0 Å². The van der Waals surface area contributed by atoms with Gasteiger partial charge in [0.1, 0.15) is 11.5 Å². The predicted molar refractivity (Wildman–Crippen MR) is 94.9 cm³/mol. The minimum absolute atomic E-state index is 0. The number of benzene rings is 1. The van der Waals surface area contributed by atoms with E-state index in [2.05, 4.69) is 17.1 Å². The van der Waals surface area contributed by atoms with E-state index in [1.54, 1.807) is 26.4 Å². The van der Waals surface area contributed by atoms with Crippen molar-refractivity contribution in [2.24, 2.45) is 5.92 Å². The van der Waals surface area contributed by atoms with Crippen molar-refractivity contribution in [2.75, 3.05) is 39.2 Å². The maximum atomic E-state index is 12.2. The molecule has 0 bridgehead atoms. The van der Waals surface area contributed by atoms with Crippen molar-refractivity contribution in [3.05, 3.63) is 18.2 Å². The average Bonchev–Trinajstić information content (AvgIpc) is 2.53. The highest BCUT2D eigenvalue weighted by Crippen LogP contribution is 2.29. The van der Waals surface area contributed by atoms with Crippen molar-refractivity contribution in [3.8, 4) is 11.5 Å². The third-order valence-corrected chi connectivity index (χ3v) is 4.08. The minimum Gasteiger partial charge on any atom is -0.497 e.